The third-order valence-corrected chi connectivity index (χ3v) is 3.23. The average Bonchev–Trinajstić information content (AvgIpc) is 2.37. The lowest BCUT2D eigenvalue weighted by atomic mass is 9.93. The Bertz CT molecular complexity index is 323. The third-order valence-electron chi connectivity index (χ3n) is 3.23. The molecule has 17 heavy (non-hydrogen) atoms. The largest absolute Gasteiger partial charge is 0.497 e. The number of hydrogen-bond acceptors (Lipinski definition) is 3. The number of rotatable bonds is 6. The zero-order chi connectivity index (χ0) is 12.8. The summed E-state index contributed by atoms with van der Waals surface area (Å²) in [4.78, 5) is 0. The van der Waals surface area contributed by atoms with Crippen LogP contribution in [-0.2, 0) is 0 Å². The fourth-order valence-corrected chi connectivity index (χ4v) is 1.81. The van der Waals surface area contributed by atoms with Crippen molar-refractivity contribution in [3.8, 4) is 5.75 Å². The van der Waals surface area contributed by atoms with Crippen LogP contribution in [0.4, 0.5) is 0 Å². The molecule has 1 unspecified atom stereocenters. The Morgan fingerprint density at radius 3 is 2.35 bits per heavy atom. The molecule has 0 heterocycles. The van der Waals surface area contributed by atoms with Gasteiger partial charge in [0.25, 0.3) is 0 Å². The average molecular weight is 237 g/mol. The molecule has 0 saturated heterocycles. The molecule has 0 aliphatic carbocycles. The van der Waals surface area contributed by atoms with Crippen molar-refractivity contribution in [1.82, 2.24) is 0 Å². The van der Waals surface area contributed by atoms with Crippen LogP contribution in [0.25, 0.3) is 0 Å². The molecule has 96 valence electrons. The quantitative estimate of drug-likeness (QED) is 0.799. The van der Waals surface area contributed by atoms with E-state index in [0.29, 0.717) is 5.92 Å². The number of methoxy groups -OCH3 is 1. The smallest absolute Gasteiger partial charge is 0.118 e. The van der Waals surface area contributed by atoms with E-state index in [4.69, 9.17) is 10.5 Å². The van der Waals surface area contributed by atoms with Crippen molar-refractivity contribution >= 4 is 0 Å². The molecule has 1 aromatic rings. The van der Waals surface area contributed by atoms with E-state index in [-0.39, 0.29) is 6.04 Å². The molecule has 0 aliphatic heterocycles. The van der Waals surface area contributed by atoms with Gasteiger partial charge in [0.15, 0.2) is 0 Å². The highest BCUT2D eigenvalue weighted by Gasteiger charge is 2.18. The summed E-state index contributed by atoms with van der Waals surface area (Å²) in [5.41, 5.74) is 6.86. The van der Waals surface area contributed by atoms with E-state index in [9.17, 15) is 5.11 Å². The molecule has 0 fully saturated rings. The highest BCUT2D eigenvalue weighted by atomic mass is 16.5. The SMILES string of the molecule is CCC(C)C[C@@H](N)[C@H](O)c1ccc(OC)cc1. The minimum Gasteiger partial charge on any atom is -0.497 e. The topological polar surface area (TPSA) is 55.5 Å². The van der Waals surface area contributed by atoms with E-state index in [1.165, 1.54) is 0 Å². The molecular formula is C14H23NO2. The van der Waals surface area contributed by atoms with Gasteiger partial charge >= 0.3 is 0 Å². The molecule has 3 heteroatoms. The summed E-state index contributed by atoms with van der Waals surface area (Å²) in [6, 6.07) is 7.20. The first-order chi connectivity index (χ1) is 8.08. The summed E-state index contributed by atoms with van der Waals surface area (Å²) in [7, 11) is 1.63. The molecule has 1 aromatic carbocycles. The van der Waals surface area contributed by atoms with E-state index in [2.05, 4.69) is 13.8 Å². The van der Waals surface area contributed by atoms with Crippen molar-refractivity contribution in [2.45, 2.75) is 38.8 Å². The van der Waals surface area contributed by atoms with Gasteiger partial charge in [0.05, 0.1) is 13.2 Å². The van der Waals surface area contributed by atoms with Crippen LogP contribution in [0.1, 0.15) is 38.4 Å². The first-order valence-electron chi connectivity index (χ1n) is 6.16. The molecule has 1 rings (SSSR count). The second-order valence-corrected chi connectivity index (χ2v) is 4.63. The number of aliphatic hydroxyl groups is 1. The van der Waals surface area contributed by atoms with Crippen LogP contribution >= 0.6 is 0 Å². The Kier molecular flexibility index (Phi) is 5.45. The van der Waals surface area contributed by atoms with Crippen LogP contribution in [0.5, 0.6) is 5.75 Å². The highest BCUT2D eigenvalue weighted by molar-refractivity contribution is 5.29. The number of benzene rings is 1. The van der Waals surface area contributed by atoms with Gasteiger partial charge in [0.1, 0.15) is 5.75 Å². The van der Waals surface area contributed by atoms with Gasteiger partial charge in [-0.1, -0.05) is 32.4 Å². The molecule has 0 radical (unpaired) electrons. The first kappa shape index (κ1) is 14.0. The van der Waals surface area contributed by atoms with Crippen molar-refractivity contribution in [3.05, 3.63) is 29.8 Å². The maximum absolute atomic E-state index is 10.1. The Hall–Kier alpha value is -1.06. The summed E-state index contributed by atoms with van der Waals surface area (Å²) in [6.45, 7) is 4.29. The molecule has 0 aliphatic rings. The number of nitrogens with two attached hydrogens (primary N) is 1. The second-order valence-electron chi connectivity index (χ2n) is 4.63. The summed E-state index contributed by atoms with van der Waals surface area (Å²) >= 11 is 0. The van der Waals surface area contributed by atoms with Crippen LogP contribution in [0.3, 0.4) is 0 Å². The Balaban J connectivity index is 2.64. The van der Waals surface area contributed by atoms with Gasteiger partial charge in [-0.3, -0.25) is 0 Å². The molecule has 0 aromatic heterocycles. The van der Waals surface area contributed by atoms with Gasteiger partial charge in [-0.05, 0) is 30.0 Å². The Morgan fingerprint density at radius 2 is 1.88 bits per heavy atom. The summed E-state index contributed by atoms with van der Waals surface area (Å²) in [5, 5.41) is 10.1. The van der Waals surface area contributed by atoms with Crippen molar-refractivity contribution in [1.29, 1.82) is 0 Å². The fourth-order valence-electron chi connectivity index (χ4n) is 1.81. The molecule has 0 bridgehead atoms. The minimum absolute atomic E-state index is 0.210. The fraction of sp³-hybridized carbons (Fsp3) is 0.571. The van der Waals surface area contributed by atoms with Crippen LogP contribution in [0.2, 0.25) is 0 Å². The highest BCUT2D eigenvalue weighted by Crippen LogP contribution is 2.23. The van der Waals surface area contributed by atoms with Crippen molar-refractivity contribution < 1.29 is 9.84 Å². The molecule has 3 N–H and O–H groups in total. The monoisotopic (exact) mass is 237 g/mol. The number of hydrogen-bond donors (Lipinski definition) is 2. The van der Waals surface area contributed by atoms with Crippen LogP contribution in [0.15, 0.2) is 24.3 Å². The van der Waals surface area contributed by atoms with E-state index in [1.807, 2.05) is 24.3 Å². The molecule has 3 nitrogen and oxygen atoms in total. The van der Waals surface area contributed by atoms with E-state index in [0.717, 1.165) is 24.2 Å². The van der Waals surface area contributed by atoms with Crippen molar-refractivity contribution in [2.24, 2.45) is 11.7 Å². The van der Waals surface area contributed by atoms with Gasteiger partial charge in [-0.15, -0.1) is 0 Å². The van der Waals surface area contributed by atoms with Gasteiger partial charge in [0.2, 0.25) is 0 Å². The normalized spacial score (nSPS) is 16.3. The minimum atomic E-state index is -0.602. The maximum atomic E-state index is 10.1. The lowest BCUT2D eigenvalue weighted by molar-refractivity contribution is 0.134. The summed E-state index contributed by atoms with van der Waals surface area (Å²) < 4.78 is 5.08. The van der Waals surface area contributed by atoms with Crippen molar-refractivity contribution in [3.63, 3.8) is 0 Å². The lowest BCUT2D eigenvalue weighted by Crippen LogP contribution is -2.30. The lowest BCUT2D eigenvalue weighted by Gasteiger charge is -2.22. The van der Waals surface area contributed by atoms with E-state index in [1.54, 1.807) is 7.11 Å². The van der Waals surface area contributed by atoms with Crippen LogP contribution < -0.4 is 10.5 Å². The van der Waals surface area contributed by atoms with E-state index >= 15 is 0 Å². The summed E-state index contributed by atoms with van der Waals surface area (Å²) in [5.74, 6) is 1.33. The van der Waals surface area contributed by atoms with E-state index < -0.39 is 6.10 Å². The molecule has 0 amide bonds. The van der Waals surface area contributed by atoms with Crippen LogP contribution in [-0.4, -0.2) is 18.3 Å². The van der Waals surface area contributed by atoms with Gasteiger partial charge in [-0.2, -0.15) is 0 Å². The predicted molar refractivity (Wildman–Crippen MR) is 70.0 cm³/mol. The van der Waals surface area contributed by atoms with Gasteiger partial charge in [-0.25, -0.2) is 0 Å². The Labute approximate surface area is 104 Å². The van der Waals surface area contributed by atoms with Gasteiger partial charge in [0, 0.05) is 6.04 Å². The molecule has 0 spiro atoms. The molecule has 0 saturated carbocycles. The second kappa shape index (κ2) is 6.62. The van der Waals surface area contributed by atoms with Crippen LogP contribution in [0, 0.1) is 5.92 Å². The molecule has 3 atom stereocenters. The number of ether oxygens (including phenoxy) is 1. The Morgan fingerprint density at radius 1 is 1.29 bits per heavy atom. The zero-order valence-electron chi connectivity index (χ0n) is 10.9. The number of aliphatic hydroxyl groups excluding tert-OH is 1. The standard InChI is InChI=1S/C14H23NO2/c1-4-10(2)9-13(15)14(16)11-5-7-12(17-3)8-6-11/h5-8,10,13-14,16H,4,9,15H2,1-3H3/t10?,13-,14-/m1/s1. The summed E-state index contributed by atoms with van der Waals surface area (Å²) in [6.07, 6.45) is 1.32. The maximum Gasteiger partial charge on any atom is 0.118 e. The van der Waals surface area contributed by atoms with Gasteiger partial charge < -0.3 is 15.6 Å². The zero-order valence-corrected chi connectivity index (χ0v) is 10.9. The first-order valence-corrected chi connectivity index (χ1v) is 6.16. The predicted octanol–water partition coefficient (Wildman–Crippen LogP) is 2.49. The van der Waals surface area contributed by atoms with Crippen molar-refractivity contribution in [2.75, 3.05) is 7.11 Å². The molecular weight excluding hydrogens is 214 g/mol. The third kappa shape index (κ3) is 4.02.